The topological polar surface area (TPSA) is 0 Å². The monoisotopic (exact) mass is 364 g/mol. The van der Waals surface area contributed by atoms with Gasteiger partial charge < -0.3 is 0 Å². The van der Waals surface area contributed by atoms with Crippen molar-refractivity contribution in [3.63, 3.8) is 0 Å². The summed E-state index contributed by atoms with van der Waals surface area (Å²) in [6.45, 7) is 4.32. The molecule has 0 saturated carbocycles. The van der Waals surface area contributed by atoms with Crippen LogP contribution in [0.5, 0.6) is 0 Å². The fraction of sp³-hybridized carbons (Fsp3) is 0.600. The van der Waals surface area contributed by atoms with Crippen molar-refractivity contribution in [2.75, 3.05) is 0 Å². The van der Waals surface area contributed by atoms with E-state index < -0.39 is 3.93 Å². The molecule has 10 heavy (non-hydrogen) atoms. The van der Waals surface area contributed by atoms with E-state index in [1.165, 1.54) is 11.2 Å². The van der Waals surface area contributed by atoms with Crippen molar-refractivity contribution in [3.05, 3.63) is 11.3 Å². The van der Waals surface area contributed by atoms with Crippen LogP contribution in [0.3, 0.4) is 0 Å². The highest BCUT2D eigenvalue weighted by atomic mass is 80.0. The number of hydrogen-bond acceptors (Lipinski definition) is 0. The van der Waals surface area contributed by atoms with Gasteiger partial charge >= 0.3 is 0 Å². The first-order valence-electron chi connectivity index (χ1n) is 3.12. The summed E-state index contributed by atoms with van der Waals surface area (Å²) in [5.74, 6) is 0. The Morgan fingerprint density at radius 2 is 1.90 bits per heavy atom. The zero-order valence-electron chi connectivity index (χ0n) is 6.13. The Bertz CT molecular complexity index is 123. The van der Waals surface area contributed by atoms with Crippen molar-refractivity contribution < 1.29 is 0 Å². The van der Waals surface area contributed by atoms with Crippen LogP contribution in [0.15, 0.2) is 11.3 Å². The highest BCUT2D eigenvalue weighted by Crippen LogP contribution is 2.30. The second-order valence-corrected chi connectivity index (χ2v) is 28.4. The first kappa shape index (κ1) is 11.6. The van der Waals surface area contributed by atoms with E-state index in [2.05, 4.69) is 65.4 Å². The van der Waals surface area contributed by atoms with Crippen LogP contribution in [0, 0.1) is 0 Å². The summed E-state index contributed by atoms with van der Waals surface area (Å²) in [7, 11) is 0.0187. The van der Waals surface area contributed by atoms with E-state index in [4.69, 9.17) is 0 Å². The lowest BCUT2D eigenvalue weighted by Crippen LogP contribution is -2.09. The zero-order valence-corrected chi connectivity index (χ0v) is 13.3. The number of hydrogen-bond donors (Lipinski definition) is 0. The molecule has 0 N–H and O–H groups in total. The third-order valence-corrected chi connectivity index (χ3v) is 16.2. The van der Waals surface area contributed by atoms with Gasteiger partial charge in [-0.25, -0.2) is 0 Å². The van der Waals surface area contributed by atoms with Crippen LogP contribution < -0.4 is 0 Å². The summed E-state index contributed by atoms with van der Waals surface area (Å²) in [6.07, 6.45) is 0. The zero-order chi connectivity index (χ0) is 8.20. The van der Waals surface area contributed by atoms with E-state index in [0.29, 0.717) is 0 Å². The summed E-state index contributed by atoms with van der Waals surface area (Å²) in [5, 5.41) is 0. The minimum atomic E-state index is -1.27. The summed E-state index contributed by atoms with van der Waals surface area (Å²) in [5.41, 5.74) is 5.17. The molecular formula is C5H11Br3Si2. The first-order chi connectivity index (χ1) is 4.42. The Hall–Kier alpha value is 1.61. The standard InChI is InChI=1S/C5H11Br3Si2/c1-5(2)3-9-4-10(6,7)8/h3H,4,9H2,1-2H3. The van der Waals surface area contributed by atoms with E-state index in [9.17, 15) is 0 Å². The van der Waals surface area contributed by atoms with Crippen LogP contribution >= 0.6 is 45.9 Å². The second-order valence-electron chi connectivity index (χ2n) is 2.44. The molecule has 0 aliphatic rings. The molecule has 5 heteroatoms. The first-order valence-corrected chi connectivity index (χ1v) is 13.9. The normalized spacial score (nSPS) is 12.5. The lowest BCUT2D eigenvalue weighted by Gasteiger charge is -2.05. The molecule has 0 atom stereocenters. The van der Waals surface area contributed by atoms with Gasteiger partial charge in [0.05, 0.1) is 0 Å². The van der Waals surface area contributed by atoms with Crippen LogP contribution in [0.25, 0.3) is 0 Å². The van der Waals surface area contributed by atoms with Crippen LogP contribution in [-0.4, -0.2) is 13.5 Å². The Labute approximate surface area is 89.4 Å². The van der Waals surface area contributed by atoms with E-state index in [1.807, 2.05) is 0 Å². The summed E-state index contributed by atoms with van der Waals surface area (Å²) >= 11 is 10.8. The molecule has 0 fully saturated rings. The third kappa shape index (κ3) is 9.61. The van der Waals surface area contributed by atoms with Crippen molar-refractivity contribution in [1.82, 2.24) is 0 Å². The molecule has 0 amide bonds. The van der Waals surface area contributed by atoms with Gasteiger partial charge in [0.25, 0.3) is 3.93 Å². The molecule has 0 radical (unpaired) electrons. The molecule has 0 aromatic rings. The van der Waals surface area contributed by atoms with Crippen molar-refractivity contribution in [2.24, 2.45) is 0 Å². The SMILES string of the molecule is CC(C)=C[SiH2]C[Si](Br)(Br)Br. The van der Waals surface area contributed by atoms with Gasteiger partial charge in [0.15, 0.2) is 0 Å². The fourth-order valence-corrected chi connectivity index (χ4v) is 9.17. The van der Waals surface area contributed by atoms with Crippen molar-refractivity contribution >= 4 is 59.3 Å². The van der Waals surface area contributed by atoms with Crippen LogP contribution in [0.4, 0.5) is 0 Å². The minimum Gasteiger partial charge on any atom is -0.103 e. The minimum absolute atomic E-state index is 0.0187. The Kier molecular flexibility index (Phi) is 6.15. The Morgan fingerprint density at radius 1 is 1.40 bits per heavy atom. The van der Waals surface area contributed by atoms with Crippen molar-refractivity contribution in [2.45, 2.75) is 19.5 Å². The van der Waals surface area contributed by atoms with Gasteiger partial charge in [0.1, 0.15) is 0 Å². The molecule has 0 aromatic carbocycles. The molecule has 0 aliphatic heterocycles. The van der Waals surface area contributed by atoms with Crippen LogP contribution in [0.2, 0.25) is 5.67 Å². The maximum absolute atomic E-state index is 3.61. The second kappa shape index (κ2) is 5.29. The molecule has 0 aromatic heterocycles. The number of allylic oxidation sites excluding steroid dienone is 1. The smallest absolute Gasteiger partial charge is 0.103 e. The highest BCUT2D eigenvalue weighted by Gasteiger charge is 2.20. The molecular weight excluding hydrogens is 356 g/mol. The highest BCUT2D eigenvalue weighted by molar-refractivity contribution is 9.72. The number of rotatable bonds is 3. The maximum atomic E-state index is 3.61. The van der Waals surface area contributed by atoms with E-state index in [0.717, 1.165) is 0 Å². The summed E-state index contributed by atoms with van der Waals surface area (Å²) < 4.78 is -1.27. The predicted molar refractivity (Wildman–Crippen MR) is 65.3 cm³/mol. The summed E-state index contributed by atoms with van der Waals surface area (Å²) in [4.78, 5) is 0. The predicted octanol–water partition coefficient (Wildman–Crippen LogP) is 3.16. The average Bonchev–Trinajstić information content (AvgIpc) is 1.59. The molecule has 0 spiro atoms. The van der Waals surface area contributed by atoms with Gasteiger partial charge in [-0.05, 0) is 19.5 Å². The molecule has 60 valence electrons. The maximum Gasteiger partial charge on any atom is 0.264 e. The quantitative estimate of drug-likeness (QED) is 0.531. The van der Waals surface area contributed by atoms with Crippen molar-refractivity contribution in [1.29, 1.82) is 0 Å². The molecule has 0 rings (SSSR count). The van der Waals surface area contributed by atoms with Crippen LogP contribution in [-0.2, 0) is 0 Å². The lowest BCUT2D eigenvalue weighted by molar-refractivity contribution is 1.41. The van der Waals surface area contributed by atoms with Gasteiger partial charge in [0.2, 0.25) is 0 Å². The Balaban J connectivity index is 3.47. The lowest BCUT2D eigenvalue weighted by atomic mass is 10.4. The molecule has 0 heterocycles. The number of halogens is 3. The van der Waals surface area contributed by atoms with Gasteiger partial charge in [-0.2, -0.15) is 0 Å². The molecule has 0 unspecified atom stereocenters. The average molecular weight is 367 g/mol. The van der Waals surface area contributed by atoms with Crippen molar-refractivity contribution in [3.8, 4) is 0 Å². The third-order valence-electron chi connectivity index (χ3n) is 0.980. The van der Waals surface area contributed by atoms with Gasteiger partial charge in [-0.3, -0.25) is 0 Å². The van der Waals surface area contributed by atoms with E-state index >= 15 is 0 Å². The molecule has 0 nitrogen and oxygen atoms in total. The van der Waals surface area contributed by atoms with Gasteiger partial charge in [0, 0.05) is 9.52 Å². The van der Waals surface area contributed by atoms with E-state index in [-0.39, 0.29) is 9.52 Å². The fourth-order valence-electron chi connectivity index (χ4n) is 0.525. The molecule has 0 saturated heterocycles. The molecule has 0 bridgehead atoms. The largest absolute Gasteiger partial charge is 0.264 e. The van der Waals surface area contributed by atoms with Crippen LogP contribution in [0.1, 0.15) is 13.8 Å². The Morgan fingerprint density at radius 3 is 2.20 bits per heavy atom. The molecule has 0 aliphatic carbocycles. The summed E-state index contributed by atoms with van der Waals surface area (Å²) in [6, 6.07) is 0. The van der Waals surface area contributed by atoms with Gasteiger partial charge in [-0.1, -0.05) is 51.5 Å². The van der Waals surface area contributed by atoms with Gasteiger partial charge in [-0.15, -0.1) is 5.70 Å². The van der Waals surface area contributed by atoms with E-state index in [1.54, 1.807) is 0 Å².